The van der Waals surface area contributed by atoms with Crippen molar-refractivity contribution in [2.45, 2.75) is 51.0 Å². The molecule has 1 saturated heterocycles. The van der Waals surface area contributed by atoms with E-state index < -0.39 is 46.9 Å². The topological polar surface area (TPSA) is 131 Å². The number of aliphatic carboxylic acids is 1. The van der Waals surface area contributed by atoms with Gasteiger partial charge in [0.2, 0.25) is 0 Å². The van der Waals surface area contributed by atoms with Gasteiger partial charge in [0.15, 0.2) is 11.5 Å². The summed E-state index contributed by atoms with van der Waals surface area (Å²) in [7, 11) is 1.74. The maximum absolute atomic E-state index is 13.9. The fraction of sp³-hybridized carbons (Fsp3) is 0.395. The van der Waals surface area contributed by atoms with Gasteiger partial charge >= 0.3 is 5.97 Å². The number of rotatable bonds is 9. The van der Waals surface area contributed by atoms with Crippen LogP contribution in [0.4, 0.5) is 18.9 Å². The highest BCUT2D eigenvalue weighted by molar-refractivity contribution is 5.93. The molecule has 50 heavy (non-hydrogen) atoms. The van der Waals surface area contributed by atoms with Crippen molar-refractivity contribution in [2.24, 2.45) is 11.8 Å². The number of carboxylic acids is 1. The Kier molecular flexibility index (Phi) is 10.0. The fourth-order valence-electron chi connectivity index (χ4n) is 7.06. The van der Waals surface area contributed by atoms with E-state index in [0.29, 0.717) is 44.2 Å². The number of carboxylic acid groups (broad SMARTS) is 1. The van der Waals surface area contributed by atoms with Gasteiger partial charge in [0, 0.05) is 68.5 Å². The Balaban J connectivity index is 0.000000187. The van der Waals surface area contributed by atoms with Crippen LogP contribution in [0.2, 0.25) is 0 Å². The van der Waals surface area contributed by atoms with Crippen molar-refractivity contribution in [3.63, 3.8) is 0 Å². The zero-order valence-corrected chi connectivity index (χ0v) is 28.3. The maximum atomic E-state index is 13.9. The van der Waals surface area contributed by atoms with Gasteiger partial charge in [-0.1, -0.05) is 55.4 Å². The van der Waals surface area contributed by atoms with Crippen LogP contribution in [0.5, 0.6) is 0 Å². The molecular formula is C38H41F3N4O5. The Morgan fingerprint density at radius 2 is 1.78 bits per heavy atom. The van der Waals surface area contributed by atoms with Crippen LogP contribution in [0.25, 0.3) is 22.5 Å². The number of likely N-dealkylation sites (tertiary alicyclic amines) is 1. The van der Waals surface area contributed by atoms with Crippen molar-refractivity contribution in [1.29, 1.82) is 0 Å². The van der Waals surface area contributed by atoms with Gasteiger partial charge in [-0.3, -0.25) is 9.59 Å². The van der Waals surface area contributed by atoms with Crippen molar-refractivity contribution in [3.8, 4) is 22.5 Å². The molecule has 0 bridgehead atoms. The number of aromatic nitrogens is 1. The van der Waals surface area contributed by atoms with E-state index in [-0.39, 0.29) is 16.9 Å². The van der Waals surface area contributed by atoms with Gasteiger partial charge < -0.3 is 30.3 Å². The van der Waals surface area contributed by atoms with E-state index >= 15 is 0 Å². The van der Waals surface area contributed by atoms with Crippen LogP contribution in [-0.4, -0.2) is 66.4 Å². The second kappa shape index (κ2) is 14.3. The molecule has 9 nitrogen and oxygen atoms in total. The average Bonchev–Trinajstić information content (AvgIpc) is 3.59. The monoisotopic (exact) mass is 690 g/mol. The number of amides is 1. The van der Waals surface area contributed by atoms with Crippen molar-refractivity contribution < 1.29 is 37.1 Å². The normalized spacial score (nSPS) is 18.5. The van der Waals surface area contributed by atoms with E-state index in [1.54, 1.807) is 7.11 Å². The molecule has 264 valence electrons. The molecule has 0 spiro atoms. The fourth-order valence-corrected chi connectivity index (χ4v) is 7.06. The largest absolute Gasteiger partial charge is 0.481 e. The number of carbonyl (C=O) groups excluding carboxylic acids is 1. The van der Waals surface area contributed by atoms with E-state index in [4.69, 9.17) is 15.0 Å². The highest BCUT2D eigenvalue weighted by Crippen LogP contribution is 2.43. The van der Waals surface area contributed by atoms with Crippen molar-refractivity contribution >= 4 is 17.6 Å². The van der Waals surface area contributed by atoms with Crippen molar-refractivity contribution in [1.82, 2.24) is 15.4 Å². The summed E-state index contributed by atoms with van der Waals surface area (Å²) in [6, 6.07) is 14.3. The molecule has 4 aromatic rings. The number of nitrogens with two attached hydrogens (primary N) is 1. The van der Waals surface area contributed by atoms with Crippen LogP contribution >= 0.6 is 0 Å². The Morgan fingerprint density at radius 3 is 2.46 bits per heavy atom. The summed E-state index contributed by atoms with van der Waals surface area (Å²) < 4.78 is 51.1. The van der Waals surface area contributed by atoms with Gasteiger partial charge in [0.1, 0.15) is 17.5 Å². The molecule has 1 aromatic heterocycles. The molecule has 2 atom stereocenters. The van der Waals surface area contributed by atoms with Gasteiger partial charge in [-0.05, 0) is 53.0 Å². The Morgan fingerprint density at radius 1 is 1.06 bits per heavy atom. The van der Waals surface area contributed by atoms with Gasteiger partial charge in [0.25, 0.3) is 5.91 Å². The quantitative estimate of drug-likeness (QED) is 0.151. The number of benzene rings is 3. The first-order valence-corrected chi connectivity index (χ1v) is 16.7. The van der Waals surface area contributed by atoms with Crippen molar-refractivity contribution in [2.75, 3.05) is 39.1 Å². The minimum Gasteiger partial charge on any atom is -0.481 e. The zero-order valence-electron chi connectivity index (χ0n) is 28.3. The van der Waals surface area contributed by atoms with Crippen LogP contribution < -0.4 is 11.1 Å². The first-order valence-electron chi connectivity index (χ1n) is 16.7. The minimum absolute atomic E-state index is 0.0668. The maximum Gasteiger partial charge on any atom is 0.309 e. The standard InChI is InChI=1S/C20H20F3N3O4.C18H21NO/c21-11-5-13(22)18(14(23)6-11)17-7-16(25-30-17)19(27)24-15-3-4-26(8-10-1-2-10)9-12(15)20(28)29;1-18(2,11-20-3)16-9-8-14-13-7-5-4-6-12(13)10-15(14)17(16)19/h5-7,10,12,15H,1-4,8-9H2,(H,24,27)(H,28,29);4-9H,10-11,19H2,1-3H3/t12-,15-;/m0./s1. The summed E-state index contributed by atoms with van der Waals surface area (Å²) in [6.45, 7) is 6.90. The third-order valence-electron chi connectivity index (χ3n) is 9.81. The van der Waals surface area contributed by atoms with Gasteiger partial charge in [-0.25, -0.2) is 13.2 Å². The second-order valence-electron chi connectivity index (χ2n) is 14.0. The third-order valence-corrected chi connectivity index (χ3v) is 9.81. The summed E-state index contributed by atoms with van der Waals surface area (Å²) in [6.07, 6.45) is 3.73. The van der Waals surface area contributed by atoms with Crippen molar-refractivity contribution in [3.05, 3.63) is 94.4 Å². The van der Waals surface area contributed by atoms with Crippen LogP contribution in [0, 0.1) is 29.3 Å². The number of nitrogens with one attached hydrogen (secondary N) is 1. The Labute approximate surface area is 288 Å². The van der Waals surface area contributed by atoms with Gasteiger partial charge in [-0.2, -0.15) is 0 Å². The van der Waals surface area contributed by atoms with Crippen LogP contribution in [0.15, 0.2) is 59.1 Å². The average molecular weight is 691 g/mol. The lowest BCUT2D eigenvalue weighted by Crippen LogP contribution is -2.53. The first kappa shape index (κ1) is 35.2. The first-order chi connectivity index (χ1) is 23.9. The predicted molar refractivity (Wildman–Crippen MR) is 182 cm³/mol. The number of hydrogen-bond acceptors (Lipinski definition) is 7. The SMILES string of the molecule is COCC(C)(C)c1ccc2c(c1N)Cc1ccccc1-2.O=C(N[C@H]1CCN(CC2CC2)C[C@@H]1C(=O)O)c1cc(-c2c(F)cc(F)cc2F)on1. The molecule has 3 aliphatic rings. The highest BCUT2D eigenvalue weighted by atomic mass is 19.1. The molecule has 2 heterocycles. The molecule has 1 saturated carbocycles. The lowest BCUT2D eigenvalue weighted by atomic mass is 9.82. The predicted octanol–water partition coefficient (Wildman–Crippen LogP) is 6.44. The summed E-state index contributed by atoms with van der Waals surface area (Å²) in [5, 5.41) is 15.7. The molecule has 3 aromatic carbocycles. The minimum atomic E-state index is -1.19. The van der Waals surface area contributed by atoms with E-state index in [1.807, 2.05) is 0 Å². The number of nitrogens with zero attached hydrogens (tertiary/aromatic N) is 2. The highest BCUT2D eigenvalue weighted by Gasteiger charge is 2.37. The number of anilines is 1. The summed E-state index contributed by atoms with van der Waals surface area (Å²) in [5.74, 6) is -5.69. The summed E-state index contributed by atoms with van der Waals surface area (Å²) >= 11 is 0. The number of piperidine rings is 1. The van der Waals surface area contributed by atoms with Gasteiger partial charge in [-0.15, -0.1) is 0 Å². The lowest BCUT2D eigenvalue weighted by molar-refractivity contribution is -0.144. The lowest BCUT2D eigenvalue weighted by Gasteiger charge is -2.36. The summed E-state index contributed by atoms with van der Waals surface area (Å²) in [4.78, 5) is 26.3. The molecule has 1 amide bonds. The number of hydrogen-bond donors (Lipinski definition) is 3. The van der Waals surface area contributed by atoms with E-state index in [9.17, 15) is 27.9 Å². The number of carbonyl (C=O) groups is 2. The van der Waals surface area contributed by atoms with E-state index in [1.165, 1.54) is 27.8 Å². The smallest absolute Gasteiger partial charge is 0.309 e. The molecule has 7 rings (SSSR count). The van der Waals surface area contributed by atoms with Crippen LogP contribution in [0.1, 0.15) is 60.3 Å². The molecule has 0 radical (unpaired) electrons. The number of fused-ring (bicyclic) bond motifs is 3. The second-order valence-corrected chi connectivity index (χ2v) is 14.0. The number of halogens is 3. The van der Waals surface area contributed by atoms with Gasteiger partial charge in [0.05, 0.1) is 18.1 Å². The summed E-state index contributed by atoms with van der Waals surface area (Å²) in [5.41, 5.74) is 12.9. The molecule has 1 aliphatic heterocycles. The van der Waals surface area contributed by atoms with Crippen LogP contribution in [0.3, 0.4) is 0 Å². The molecule has 2 fully saturated rings. The zero-order chi connectivity index (χ0) is 35.7. The number of nitrogen functional groups attached to an aromatic ring is 1. The Hall–Kier alpha value is -4.68. The molecular weight excluding hydrogens is 649 g/mol. The molecule has 12 heteroatoms. The number of methoxy groups -OCH3 is 1. The Bertz CT molecular complexity index is 1880. The third kappa shape index (κ3) is 7.41. The molecule has 4 N–H and O–H groups in total. The van der Waals surface area contributed by atoms with Crippen LogP contribution in [-0.2, 0) is 21.4 Å². The van der Waals surface area contributed by atoms with E-state index in [0.717, 1.165) is 37.6 Å². The molecule has 0 unspecified atom stereocenters. The van der Waals surface area contributed by atoms with E-state index in [2.05, 4.69) is 65.6 Å². The number of ether oxygens (including phenoxy) is 1. The molecule has 2 aliphatic carbocycles.